The first-order chi connectivity index (χ1) is 16.6. The number of rotatable bonds is 6. The van der Waals surface area contributed by atoms with Crippen LogP contribution in [0.25, 0.3) is 0 Å². The summed E-state index contributed by atoms with van der Waals surface area (Å²) in [5.74, 6) is -1.22. The van der Waals surface area contributed by atoms with Crippen LogP contribution in [-0.4, -0.2) is 44.6 Å². The Kier molecular flexibility index (Phi) is 6.64. The molecule has 0 atom stereocenters. The summed E-state index contributed by atoms with van der Waals surface area (Å²) in [5, 5.41) is 3.05. The Labute approximate surface area is 207 Å². The SMILES string of the molecule is CC(=O)N1CCc2c(sc(NC(=O)c3ccc(S(=O)(=O)N(C)c4ccccc4)cc3)c2C(N)=O)C1. The summed E-state index contributed by atoms with van der Waals surface area (Å²) < 4.78 is 27.1. The smallest absolute Gasteiger partial charge is 0.264 e. The van der Waals surface area contributed by atoms with Crippen LogP contribution in [0.4, 0.5) is 10.7 Å². The van der Waals surface area contributed by atoms with Crippen molar-refractivity contribution in [2.45, 2.75) is 24.8 Å². The Morgan fingerprint density at radius 1 is 1.06 bits per heavy atom. The van der Waals surface area contributed by atoms with Crippen molar-refractivity contribution in [3.63, 3.8) is 0 Å². The predicted octanol–water partition coefficient (Wildman–Crippen LogP) is 2.83. The number of hydrogen-bond donors (Lipinski definition) is 2. The summed E-state index contributed by atoms with van der Waals surface area (Å²) in [5.41, 5.74) is 7.34. The Balaban J connectivity index is 1.56. The maximum atomic E-state index is 13.0. The summed E-state index contributed by atoms with van der Waals surface area (Å²) in [6.07, 6.45) is 0.473. The van der Waals surface area contributed by atoms with Gasteiger partial charge >= 0.3 is 0 Å². The van der Waals surface area contributed by atoms with Crippen LogP contribution in [0.1, 0.15) is 38.1 Å². The van der Waals surface area contributed by atoms with E-state index in [9.17, 15) is 22.8 Å². The van der Waals surface area contributed by atoms with Crippen molar-refractivity contribution in [1.82, 2.24) is 4.90 Å². The maximum Gasteiger partial charge on any atom is 0.264 e. The topological polar surface area (TPSA) is 130 Å². The fourth-order valence-corrected chi connectivity index (χ4v) is 6.37. The zero-order valence-corrected chi connectivity index (χ0v) is 20.8. The molecule has 1 aromatic heterocycles. The molecule has 0 aliphatic carbocycles. The number of nitrogens with two attached hydrogens (primary N) is 1. The van der Waals surface area contributed by atoms with Gasteiger partial charge in [-0.25, -0.2) is 8.42 Å². The number of carbonyl (C=O) groups is 3. The summed E-state index contributed by atoms with van der Waals surface area (Å²) in [6.45, 7) is 2.31. The van der Waals surface area contributed by atoms with Crippen LogP contribution in [0.3, 0.4) is 0 Å². The first-order valence-corrected chi connectivity index (χ1v) is 13.0. The van der Waals surface area contributed by atoms with Crippen LogP contribution >= 0.6 is 11.3 Å². The molecule has 3 N–H and O–H groups in total. The molecule has 9 nitrogen and oxygen atoms in total. The van der Waals surface area contributed by atoms with E-state index in [1.54, 1.807) is 35.2 Å². The molecule has 2 aromatic carbocycles. The fraction of sp³-hybridized carbons (Fsp3) is 0.208. The Hall–Kier alpha value is -3.70. The van der Waals surface area contributed by atoms with Crippen molar-refractivity contribution in [3.05, 3.63) is 76.2 Å². The standard InChI is InChI=1S/C24H24N4O5S2/c1-15(29)28-13-12-19-20(14-28)34-24(21(19)22(25)30)26-23(31)16-8-10-18(11-9-16)35(32,33)27(2)17-6-4-3-5-7-17/h3-11H,12-14H2,1-2H3,(H2,25,30)(H,26,31). The van der Waals surface area contributed by atoms with Crippen LogP contribution < -0.4 is 15.4 Å². The molecule has 1 aliphatic heterocycles. The number of nitrogens with one attached hydrogen (secondary N) is 1. The molecule has 11 heteroatoms. The van der Waals surface area contributed by atoms with E-state index in [4.69, 9.17) is 5.73 Å². The van der Waals surface area contributed by atoms with Crippen LogP contribution in [0.15, 0.2) is 59.5 Å². The van der Waals surface area contributed by atoms with E-state index in [1.165, 1.54) is 53.9 Å². The molecule has 3 aromatic rings. The van der Waals surface area contributed by atoms with Gasteiger partial charge in [-0.3, -0.25) is 18.7 Å². The van der Waals surface area contributed by atoms with Gasteiger partial charge in [0, 0.05) is 31.0 Å². The molecule has 3 amide bonds. The third kappa shape index (κ3) is 4.77. The molecule has 1 aliphatic rings. The predicted molar refractivity (Wildman–Crippen MR) is 134 cm³/mol. The third-order valence-electron chi connectivity index (χ3n) is 5.87. The lowest BCUT2D eigenvalue weighted by molar-refractivity contribution is -0.129. The van der Waals surface area contributed by atoms with Gasteiger partial charge in [0.05, 0.1) is 22.7 Å². The largest absolute Gasteiger partial charge is 0.365 e. The van der Waals surface area contributed by atoms with E-state index in [0.717, 1.165) is 10.4 Å². The second-order valence-electron chi connectivity index (χ2n) is 8.05. The number of thiophene rings is 1. The molecular formula is C24H24N4O5S2. The lowest BCUT2D eigenvalue weighted by Gasteiger charge is -2.25. The number of para-hydroxylation sites is 1. The number of primary amides is 1. The average Bonchev–Trinajstić information content (AvgIpc) is 3.21. The fourth-order valence-electron chi connectivity index (χ4n) is 3.91. The minimum Gasteiger partial charge on any atom is -0.365 e. The van der Waals surface area contributed by atoms with Crippen molar-refractivity contribution in [3.8, 4) is 0 Å². The number of hydrogen-bond acceptors (Lipinski definition) is 6. The van der Waals surface area contributed by atoms with Crippen molar-refractivity contribution >= 4 is 49.8 Å². The molecular weight excluding hydrogens is 488 g/mol. The molecule has 0 saturated carbocycles. The normalized spacial score (nSPS) is 13.1. The van der Waals surface area contributed by atoms with E-state index in [0.29, 0.717) is 30.2 Å². The zero-order valence-electron chi connectivity index (χ0n) is 19.1. The monoisotopic (exact) mass is 512 g/mol. The minimum absolute atomic E-state index is 0.0362. The number of carbonyl (C=O) groups excluding carboxylic acids is 3. The van der Waals surface area contributed by atoms with E-state index < -0.39 is 21.8 Å². The molecule has 0 unspecified atom stereocenters. The third-order valence-corrected chi connectivity index (χ3v) is 8.80. The quantitative estimate of drug-likeness (QED) is 0.525. The molecule has 182 valence electrons. The van der Waals surface area contributed by atoms with Gasteiger partial charge in [0.1, 0.15) is 5.00 Å². The Morgan fingerprint density at radius 2 is 1.71 bits per heavy atom. The highest BCUT2D eigenvalue weighted by Crippen LogP contribution is 2.37. The lowest BCUT2D eigenvalue weighted by atomic mass is 10.0. The molecule has 0 saturated heterocycles. The van der Waals surface area contributed by atoms with Crippen molar-refractivity contribution < 1.29 is 22.8 Å². The van der Waals surface area contributed by atoms with Crippen molar-refractivity contribution in [2.75, 3.05) is 23.2 Å². The molecule has 0 radical (unpaired) electrons. The first-order valence-electron chi connectivity index (χ1n) is 10.7. The van der Waals surface area contributed by atoms with E-state index in [1.807, 2.05) is 0 Å². The maximum absolute atomic E-state index is 13.0. The summed E-state index contributed by atoms with van der Waals surface area (Å²) in [7, 11) is -2.35. The summed E-state index contributed by atoms with van der Waals surface area (Å²) in [4.78, 5) is 39.3. The molecule has 0 spiro atoms. The van der Waals surface area contributed by atoms with Gasteiger partial charge in [-0.1, -0.05) is 18.2 Å². The van der Waals surface area contributed by atoms with Crippen LogP contribution in [0, 0.1) is 0 Å². The van der Waals surface area contributed by atoms with Gasteiger partial charge in [0.2, 0.25) is 5.91 Å². The van der Waals surface area contributed by atoms with Crippen LogP contribution in [0.5, 0.6) is 0 Å². The van der Waals surface area contributed by atoms with Gasteiger partial charge in [0.15, 0.2) is 0 Å². The first kappa shape index (κ1) is 24.4. The highest BCUT2D eigenvalue weighted by Gasteiger charge is 2.29. The highest BCUT2D eigenvalue weighted by atomic mass is 32.2. The molecule has 0 bridgehead atoms. The second-order valence-corrected chi connectivity index (χ2v) is 11.1. The molecule has 0 fully saturated rings. The highest BCUT2D eigenvalue weighted by molar-refractivity contribution is 7.92. The van der Waals surface area contributed by atoms with Gasteiger partial charge < -0.3 is 16.0 Å². The van der Waals surface area contributed by atoms with E-state index >= 15 is 0 Å². The average molecular weight is 513 g/mol. The zero-order chi connectivity index (χ0) is 25.3. The van der Waals surface area contributed by atoms with Gasteiger partial charge in [-0.05, 0) is 48.4 Å². The molecule has 4 rings (SSSR count). The van der Waals surface area contributed by atoms with Crippen molar-refractivity contribution in [1.29, 1.82) is 0 Å². The van der Waals surface area contributed by atoms with Crippen LogP contribution in [0.2, 0.25) is 0 Å². The number of amides is 3. The number of nitrogens with zero attached hydrogens (tertiary/aromatic N) is 2. The second kappa shape index (κ2) is 9.51. The number of sulfonamides is 1. The summed E-state index contributed by atoms with van der Waals surface area (Å²) in [6, 6.07) is 14.2. The Morgan fingerprint density at radius 3 is 2.31 bits per heavy atom. The Bertz CT molecular complexity index is 1400. The van der Waals surface area contributed by atoms with E-state index in [2.05, 4.69) is 5.32 Å². The van der Waals surface area contributed by atoms with Crippen LogP contribution in [-0.2, 0) is 27.8 Å². The number of benzene rings is 2. The molecule has 2 heterocycles. The molecule has 35 heavy (non-hydrogen) atoms. The van der Waals surface area contributed by atoms with Gasteiger partial charge in [-0.15, -0.1) is 11.3 Å². The van der Waals surface area contributed by atoms with E-state index in [-0.39, 0.29) is 21.9 Å². The number of anilines is 2. The number of fused-ring (bicyclic) bond motifs is 1. The minimum atomic E-state index is -3.82. The lowest BCUT2D eigenvalue weighted by Crippen LogP contribution is -2.34. The van der Waals surface area contributed by atoms with Gasteiger partial charge in [0.25, 0.3) is 21.8 Å². The van der Waals surface area contributed by atoms with Crippen molar-refractivity contribution in [2.24, 2.45) is 5.73 Å². The summed E-state index contributed by atoms with van der Waals surface area (Å²) >= 11 is 1.21. The van der Waals surface area contributed by atoms with Gasteiger partial charge in [-0.2, -0.15) is 0 Å².